The lowest BCUT2D eigenvalue weighted by molar-refractivity contribution is 0.0694. The number of aliphatic hydroxyl groups excluding tert-OH is 1. The van der Waals surface area contributed by atoms with Crippen LogP contribution in [0.5, 0.6) is 0 Å². The van der Waals surface area contributed by atoms with E-state index in [0.717, 1.165) is 5.56 Å². The molecule has 3 N–H and O–H groups in total. The lowest BCUT2D eigenvalue weighted by atomic mass is 10.1. The number of anilines is 1. The average molecular weight is 256 g/mol. The number of halogens is 1. The third-order valence-electron chi connectivity index (χ3n) is 2.75. The highest BCUT2D eigenvalue weighted by molar-refractivity contribution is 5.49. The quantitative estimate of drug-likeness (QED) is 0.805. The van der Waals surface area contributed by atoms with Gasteiger partial charge in [-0.25, -0.2) is 4.39 Å². The van der Waals surface area contributed by atoms with E-state index in [1.54, 1.807) is 31.0 Å². The van der Waals surface area contributed by atoms with E-state index in [4.69, 9.17) is 10.5 Å². The molecule has 0 saturated heterocycles. The molecule has 0 amide bonds. The van der Waals surface area contributed by atoms with Crippen molar-refractivity contribution in [1.29, 1.82) is 0 Å². The molecule has 0 aliphatic carbocycles. The van der Waals surface area contributed by atoms with Gasteiger partial charge in [-0.2, -0.15) is 0 Å². The van der Waals surface area contributed by atoms with Gasteiger partial charge < -0.3 is 20.5 Å². The first-order chi connectivity index (χ1) is 8.45. The summed E-state index contributed by atoms with van der Waals surface area (Å²) < 4.78 is 18.7. The zero-order valence-corrected chi connectivity index (χ0v) is 11.1. The van der Waals surface area contributed by atoms with Crippen LogP contribution in [-0.4, -0.2) is 38.5 Å². The summed E-state index contributed by atoms with van der Waals surface area (Å²) in [7, 11) is 3.24. The van der Waals surface area contributed by atoms with Crippen molar-refractivity contribution >= 4 is 5.69 Å². The van der Waals surface area contributed by atoms with Gasteiger partial charge in [0.05, 0.1) is 18.4 Å². The molecule has 0 aliphatic heterocycles. The minimum atomic E-state index is -0.646. The minimum Gasteiger partial charge on any atom is -0.389 e. The van der Waals surface area contributed by atoms with Crippen molar-refractivity contribution in [3.63, 3.8) is 0 Å². The fourth-order valence-corrected chi connectivity index (χ4v) is 1.78. The highest BCUT2D eigenvalue weighted by Gasteiger charge is 2.13. The summed E-state index contributed by atoms with van der Waals surface area (Å²) in [6.45, 7) is 2.34. The number of hydrogen-bond acceptors (Lipinski definition) is 4. The summed E-state index contributed by atoms with van der Waals surface area (Å²) >= 11 is 0. The molecule has 0 aromatic heterocycles. The maximum Gasteiger partial charge on any atom is 0.146 e. The van der Waals surface area contributed by atoms with Crippen LogP contribution >= 0.6 is 0 Å². The van der Waals surface area contributed by atoms with Gasteiger partial charge in [-0.05, 0) is 24.6 Å². The van der Waals surface area contributed by atoms with Crippen LogP contribution in [0.3, 0.4) is 0 Å². The van der Waals surface area contributed by atoms with Crippen LogP contribution in [0.4, 0.5) is 10.1 Å². The predicted octanol–water partition coefficient (Wildman–Crippen LogP) is 1.29. The average Bonchev–Trinajstić information content (AvgIpc) is 2.28. The molecule has 0 fully saturated rings. The Labute approximate surface area is 107 Å². The molecule has 2 atom stereocenters. The Morgan fingerprint density at radius 3 is 2.67 bits per heavy atom. The Kier molecular flexibility index (Phi) is 5.53. The molecular formula is C13H21FN2O2. The maximum absolute atomic E-state index is 13.9. The van der Waals surface area contributed by atoms with Gasteiger partial charge in [-0.3, -0.25) is 0 Å². The molecule has 2 unspecified atom stereocenters. The molecule has 1 rings (SSSR count). The summed E-state index contributed by atoms with van der Waals surface area (Å²) in [4.78, 5) is 1.66. The van der Waals surface area contributed by atoms with Crippen LogP contribution in [-0.2, 0) is 4.74 Å². The number of nitrogens with zero attached hydrogens (tertiary/aromatic N) is 1. The summed E-state index contributed by atoms with van der Waals surface area (Å²) in [5, 5.41) is 9.61. The fourth-order valence-electron chi connectivity index (χ4n) is 1.78. The van der Waals surface area contributed by atoms with Crippen molar-refractivity contribution in [2.75, 3.05) is 32.2 Å². The Morgan fingerprint density at radius 2 is 2.17 bits per heavy atom. The third-order valence-corrected chi connectivity index (χ3v) is 2.75. The molecule has 0 aliphatic rings. The fraction of sp³-hybridized carbons (Fsp3) is 0.538. The highest BCUT2D eigenvalue weighted by atomic mass is 19.1. The largest absolute Gasteiger partial charge is 0.389 e. The zero-order chi connectivity index (χ0) is 13.7. The van der Waals surface area contributed by atoms with E-state index in [-0.39, 0.29) is 18.5 Å². The second-order valence-corrected chi connectivity index (χ2v) is 4.49. The predicted molar refractivity (Wildman–Crippen MR) is 70.2 cm³/mol. The van der Waals surface area contributed by atoms with Crippen LogP contribution in [0.15, 0.2) is 18.2 Å². The van der Waals surface area contributed by atoms with Gasteiger partial charge in [-0.1, -0.05) is 6.07 Å². The van der Waals surface area contributed by atoms with Crippen LogP contribution in [0.2, 0.25) is 0 Å². The van der Waals surface area contributed by atoms with Crippen molar-refractivity contribution in [3.8, 4) is 0 Å². The molecule has 0 spiro atoms. The van der Waals surface area contributed by atoms with E-state index in [9.17, 15) is 9.50 Å². The molecule has 5 heteroatoms. The van der Waals surface area contributed by atoms with Gasteiger partial charge >= 0.3 is 0 Å². The Bertz CT molecular complexity index is 385. The third kappa shape index (κ3) is 3.94. The number of nitrogens with two attached hydrogens (primary N) is 1. The zero-order valence-electron chi connectivity index (χ0n) is 11.1. The van der Waals surface area contributed by atoms with Gasteiger partial charge in [0, 0.05) is 26.7 Å². The lowest BCUT2D eigenvalue weighted by Gasteiger charge is -2.23. The van der Waals surface area contributed by atoms with Crippen LogP contribution in [0.25, 0.3) is 0 Å². The first kappa shape index (κ1) is 14.9. The summed E-state index contributed by atoms with van der Waals surface area (Å²) in [5.74, 6) is -0.336. The van der Waals surface area contributed by atoms with Gasteiger partial charge in [-0.15, -0.1) is 0 Å². The van der Waals surface area contributed by atoms with E-state index in [2.05, 4.69) is 0 Å². The van der Waals surface area contributed by atoms with Crippen LogP contribution < -0.4 is 10.6 Å². The van der Waals surface area contributed by atoms with Crippen LogP contribution in [0, 0.1) is 5.82 Å². The summed E-state index contributed by atoms with van der Waals surface area (Å²) in [6, 6.07) is 4.70. The van der Waals surface area contributed by atoms with E-state index in [1.807, 2.05) is 0 Å². The number of likely N-dealkylation sites (N-methyl/N-ethyl adjacent to an activating group) is 1. The Balaban J connectivity index is 2.77. The molecule has 0 saturated carbocycles. The number of methoxy groups -OCH3 is 1. The lowest BCUT2D eigenvalue weighted by Crippen LogP contribution is -2.32. The standard InChI is InChI=1S/C13H21FN2O2/c1-9(15)10-4-5-13(12(14)6-10)16(2)7-11(17)8-18-3/h4-6,9,11,17H,7-8,15H2,1-3H3. The highest BCUT2D eigenvalue weighted by Crippen LogP contribution is 2.22. The first-order valence-electron chi connectivity index (χ1n) is 5.89. The van der Waals surface area contributed by atoms with Crippen molar-refractivity contribution in [2.45, 2.75) is 19.1 Å². The molecule has 0 radical (unpaired) electrons. The molecule has 1 aromatic carbocycles. The van der Waals surface area contributed by atoms with Crippen molar-refractivity contribution < 1.29 is 14.2 Å². The van der Waals surface area contributed by atoms with Gasteiger partial charge in [0.15, 0.2) is 0 Å². The topological polar surface area (TPSA) is 58.7 Å². The first-order valence-corrected chi connectivity index (χ1v) is 5.89. The van der Waals surface area contributed by atoms with Crippen molar-refractivity contribution in [1.82, 2.24) is 0 Å². The SMILES string of the molecule is COCC(O)CN(C)c1ccc(C(C)N)cc1F. The smallest absolute Gasteiger partial charge is 0.146 e. The maximum atomic E-state index is 13.9. The Hall–Kier alpha value is -1.17. The van der Waals surface area contributed by atoms with Crippen LogP contribution in [0.1, 0.15) is 18.5 Å². The van der Waals surface area contributed by atoms with E-state index < -0.39 is 6.10 Å². The van der Waals surface area contributed by atoms with Gasteiger partial charge in [0.1, 0.15) is 5.82 Å². The Morgan fingerprint density at radius 1 is 1.50 bits per heavy atom. The molecule has 0 bridgehead atoms. The second-order valence-electron chi connectivity index (χ2n) is 4.49. The number of ether oxygens (including phenoxy) is 1. The minimum absolute atomic E-state index is 0.196. The van der Waals surface area contributed by atoms with Crippen molar-refractivity contribution in [2.24, 2.45) is 5.73 Å². The number of aliphatic hydroxyl groups is 1. The molecule has 1 aromatic rings. The second kappa shape index (κ2) is 6.68. The summed E-state index contributed by atoms with van der Waals surface area (Å²) in [6.07, 6.45) is -0.646. The monoisotopic (exact) mass is 256 g/mol. The summed E-state index contributed by atoms with van der Waals surface area (Å²) in [5.41, 5.74) is 6.88. The van der Waals surface area contributed by atoms with Crippen molar-refractivity contribution in [3.05, 3.63) is 29.6 Å². The molecule has 102 valence electrons. The molecule has 0 heterocycles. The number of rotatable bonds is 6. The van der Waals surface area contributed by atoms with E-state index >= 15 is 0 Å². The molecule has 18 heavy (non-hydrogen) atoms. The number of hydrogen-bond donors (Lipinski definition) is 2. The number of benzene rings is 1. The van der Waals surface area contributed by atoms with Gasteiger partial charge in [0.2, 0.25) is 0 Å². The normalized spacial score (nSPS) is 14.3. The molecular weight excluding hydrogens is 235 g/mol. The van der Waals surface area contributed by atoms with E-state index in [1.165, 1.54) is 13.2 Å². The van der Waals surface area contributed by atoms with E-state index in [0.29, 0.717) is 12.2 Å². The van der Waals surface area contributed by atoms with Gasteiger partial charge in [0.25, 0.3) is 0 Å². The molecule has 4 nitrogen and oxygen atoms in total.